The van der Waals surface area contributed by atoms with Crippen molar-refractivity contribution < 1.29 is 31.9 Å². The highest BCUT2D eigenvalue weighted by molar-refractivity contribution is 6.08. The number of rotatable bonds is 6. The minimum atomic E-state index is -4.58. The number of amides is 1. The Balaban J connectivity index is 1.52. The van der Waals surface area contributed by atoms with Gasteiger partial charge in [-0.15, -0.1) is 0 Å². The van der Waals surface area contributed by atoms with Crippen molar-refractivity contribution in [1.82, 2.24) is 4.98 Å². The quantitative estimate of drug-likeness (QED) is 0.131. The highest BCUT2D eigenvalue weighted by Crippen LogP contribution is 2.34. The molecule has 3 aromatic carbocycles. The molecular weight excluding hydrogens is 586 g/mol. The molecule has 5 rings (SSSR count). The van der Waals surface area contributed by atoms with Crippen LogP contribution in [0.25, 0.3) is 11.3 Å². The van der Waals surface area contributed by atoms with E-state index < -0.39 is 29.4 Å². The molecular formula is C35H29F4N3O3. The minimum Gasteiger partial charge on any atom is -0.465 e. The Labute approximate surface area is 257 Å². The van der Waals surface area contributed by atoms with Crippen LogP contribution < -0.4 is 10.6 Å². The molecule has 6 nitrogen and oxygen atoms in total. The number of hydrogen-bond donors (Lipinski definition) is 2. The lowest BCUT2D eigenvalue weighted by atomic mass is 10.0. The first-order valence-electron chi connectivity index (χ1n) is 14.3. The lowest BCUT2D eigenvalue weighted by molar-refractivity contribution is -0.138. The molecule has 1 aliphatic rings. The molecule has 0 atom stereocenters. The Morgan fingerprint density at radius 2 is 1.64 bits per heavy atom. The number of hydrogen-bond acceptors (Lipinski definition) is 5. The summed E-state index contributed by atoms with van der Waals surface area (Å²) in [6.45, 7) is 1.35. The van der Waals surface area contributed by atoms with Crippen molar-refractivity contribution in [2.45, 2.75) is 44.8 Å². The third kappa shape index (κ3) is 7.32. The summed E-state index contributed by atoms with van der Waals surface area (Å²) >= 11 is 0. The monoisotopic (exact) mass is 615 g/mol. The van der Waals surface area contributed by atoms with Crippen LogP contribution in [0.1, 0.15) is 68.8 Å². The molecule has 0 spiro atoms. The number of pyridine rings is 1. The normalized spacial score (nSPS) is 13.1. The van der Waals surface area contributed by atoms with Crippen LogP contribution in [0.2, 0.25) is 0 Å². The van der Waals surface area contributed by atoms with Crippen molar-refractivity contribution in [2.75, 3.05) is 17.7 Å². The summed E-state index contributed by atoms with van der Waals surface area (Å²) in [5.74, 6) is 3.24. The Morgan fingerprint density at radius 1 is 0.933 bits per heavy atom. The van der Waals surface area contributed by atoms with Crippen LogP contribution in [0, 0.1) is 24.6 Å². The first-order chi connectivity index (χ1) is 21.5. The molecule has 0 radical (unpaired) electrons. The van der Waals surface area contributed by atoms with Gasteiger partial charge in [-0.05, 0) is 79.8 Å². The van der Waals surface area contributed by atoms with Crippen LogP contribution in [0.3, 0.4) is 0 Å². The van der Waals surface area contributed by atoms with Crippen molar-refractivity contribution in [2.24, 2.45) is 0 Å². The summed E-state index contributed by atoms with van der Waals surface area (Å²) in [6, 6.07) is 18.3. The molecule has 0 bridgehead atoms. The summed E-state index contributed by atoms with van der Waals surface area (Å²) in [5.41, 5.74) is 0.975. The van der Waals surface area contributed by atoms with Crippen LogP contribution in [0.5, 0.6) is 0 Å². The molecule has 0 unspecified atom stereocenters. The number of nitrogens with zero attached hydrogens (tertiary/aromatic N) is 1. The van der Waals surface area contributed by atoms with E-state index in [4.69, 9.17) is 0 Å². The number of aryl methyl sites for hydroxylation is 1. The molecule has 2 N–H and O–H groups in total. The van der Waals surface area contributed by atoms with E-state index in [1.165, 1.54) is 56.2 Å². The van der Waals surface area contributed by atoms with E-state index in [2.05, 4.69) is 32.2 Å². The molecule has 4 aromatic rings. The van der Waals surface area contributed by atoms with Gasteiger partial charge in [0.1, 0.15) is 17.1 Å². The maximum Gasteiger partial charge on any atom is 0.416 e. The summed E-state index contributed by atoms with van der Waals surface area (Å²) < 4.78 is 59.6. The largest absolute Gasteiger partial charge is 0.465 e. The number of carbonyl (C=O) groups excluding carboxylic acids is 2. The smallest absolute Gasteiger partial charge is 0.416 e. The number of anilines is 2. The van der Waals surface area contributed by atoms with Crippen molar-refractivity contribution in [1.29, 1.82) is 0 Å². The van der Waals surface area contributed by atoms with Crippen LogP contribution in [0.15, 0.2) is 72.8 Å². The van der Waals surface area contributed by atoms with Gasteiger partial charge in [0.05, 0.1) is 23.9 Å². The molecule has 45 heavy (non-hydrogen) atoms. The molecule has 1 aliphatic carbocycles. The fourth-order valence-corrected chi connectivity index (χ4v) is 5.23. The van der Waals surface area contributed by atoms with Gasteiger partial charge in [0.25, 0.3) is 5.91 Å². The maximum atomic E-state index is 14.4. The molecule has 1 heterocycles. The number of halogens is 4. The van der Waals surface area contributed by atoms with Crippen LogP contribution in [0.4, 0.5) is 28.9 Å². The zero-order chi connectivity index (χ0) is 32.1. The third-order valence-corrected chi connectivity index (χ3v) is 7.55. The second-order valence-corrected chi connectivity index (χ2v) is 10.7. The topological polar surface area (TPSA) is 80.3 Å². The average Bonchev–Trinajstić information content (AvgIpc) is 3.53. The molecule has 1 aromatic heterocycles. The van der Waals surface area contributed by atoms with Gasteiger partial charge in [-0.3, -0.25) is 4.79 Å². The van der Waals surface area contributed by atoms with Crippen molar-refractivity contribution in [3.05, 3.63) is 112 Å². The van der Waals surface area contributed by atoms with Crippen LogP contribution >= 0.6 is 0 Å². The van der Waals surface area contributed by atoms with Gasteiger partial charge in [-0.1, -0.05) is 43.0 Å². The van der Waals surface area contributed by atoms with Crippen LogP contribution in [-0.2, 0) is 10.9 Å². The lowest BCUT2D eigenvalue weighted by Gasteiger charge is -2.15. The van der Waals surface area contributed by atoms with E-state index in [9.17, 15) is 27.2 Å². The Morgan fingerprint density at radius 3 is 2.33 bits per heavy atom. The Hall–Kier alpha value is -5.17. The number of benzene rings is 3. The predicted molar refractivity (Wildman–Crippen MR) is 163 cm³/mol. The van der Waals surface area contributed by atoms with E-state index in [0.717, 1.165) is 37.8 Å². The highest BCUT2D eigenvalue weighted by Gasteiger charge is 2.32. The first kappa shape index (κ1) is 31.3. The molecule has 1 amide bonds. The van der Waals surface area contributed by atoms with E-state index in [1.807, 2.05) is 12.1 Å². The summed E-state index contributed by atoms with van der Waals surface area (Å²) in [4.78, 5) is 30.2. The number of ether oxygens (including phenoxy) is 1. The zero-order valence-corrected chi connectivity index (χ0v) is 24.5. The van der Waals surface area contributed by atoms with Crippen molar-refractivity contribution >= 4 is 23.3 Å². The standard InChI is InChI=1S/C35H29F4N3O3/c1-21-10-14-27(20-29(21)35(37,38)39)42-33(43)28-19-18-26(15-11-22-6-5-9-30(36)31(22)34(44)45-2)41-32(28)23-12-16-25(17-13-23)40-24-7-3-4-8-24/h5-6,9-10,12-14,16-20,24,40H,3-4,7-8H2,1-2H3,(H,42,43). The van der Waals surface area contributed by atoms with E-state index in [1.54, 1.807) is 12.1 Å². The fourth-order valence-electron chi connectivity index (χ4n) is 5.23. The predicted octanol–water partition coefficient (Wildman–Crippen LogP) is 8.01. The SMILES string of the molecule is COC(=O)c1c(F)cccc1C#Cc1ccc(C(=O)Nc2ccc(C)c(C(F)(F)F)c2)c(-c2ccc(NC3CCCC3)cc2)n1. The van der Waals surface area contributed by atoms with Gasteiger partial charge in [0.2, 0.25) is 0 Å². The highest BCUT2D eigenvalue weighted by atomic mass is 19.4. The third-order valence-electron chi connectivity index (χ3n) is 7.55. The van der Waals surface area contributed by atoms with Gasteiger partial charge in [-0.2, -0.15) is 13.2 Å². The molecule has 0 aliphatic heterocycles. The number of methoxy groups -OCH3 is 1. The van der Waals surface area contributed by atoms with E-state index in [-0.39, 0.29) is 39.3 Å². The van der Waals surface area contributed by atoms with Gasteiger partial charge >= 0.3 is 12.1 Å². The van der Waals surface area contributed by atoms with E-state index in [0.29, 0.717) is 11.6 Å². The zero-order valence-electron chi connectivity index (χ0n) is 24.5. The Bertz CT molecular complexity index is 1800. The van der Waals surface area contributed by atoms with Gasteiger partial charge < -0.3 is 15.4 Å². The summed E-state index contributed by atoms with van der Waals surface area (Å²) in [7, 11) is 1.14. The molecule has 1 fully saturated rings. The summed E-state index contributed by atoms with van der Waals surface area (Å²) in [5, 5.41) is 6.06. The average molecular weight is 616 g/mol. The maximum absolute atomic E-state index is 14.4. The van der Waals surface area contributed by atoms with Crippen molar-refractivity contribution in [3.63, 3.8) is 0 Å². The van der Waals surface area contributed by atoms with E-state index >= 15 is 0 Å². The molecule has 230 valence electrons. The lowest BCUT2D eigenvalue weighted by Crippen LogP contribution is -2.16. The van der Waals surface area contributed by atoms with Crippen LogP contribution in [-0.4, -0.2) is 30.0 Å². The van der Waals surface area contributed by atoms with Gasteiger partial charge in [-0.25, -0.2) is 14.2 Å². The first-order valence-corrected chi connectivity index (χ1v) is 14.3. The number of alkyl halides is 3. The van der Waals surface area contributed by atoms with Gasteiger partial charge in [0.15, 0.2) is 0 Å². The second kappa shape index (κ2) is 13.2. The fraction of sp³-hybridized carbons (Fsp3) is 0.229. The summed E-state index contributed by atoms with van der Waals surface area (Å²) in [6.07, 6.45) is -0.0529. The molecule has 1 saturated carbocycles. The number of aromatic nitrogens is 1. The number of esters is 1. The minimum absolute atomic E-state index is 0.0229. The van der Waals surface area contributed by atoms with Crippen molar-refractivity contribution in [3.8, 4) is 23.1 Å². The van der Waals surface area contributed by atoms with Gasteiger partial charge in [0, 0.05) is 28.5 Å². The number of nitrogens with one attached hydrogen (secondary N) is 2. The molecule has 10 heteroatoms. The number of carbonyl (C=O) groups is 2. The molecule has 0 saturated heterocycles. The second-order valence-electron chi connectivity index (χ2n) is 10.7. The Kier molecular flexibility index (Phi) is 9.18.